The zero-order valence-corrected chi connectivity index (χ0v) is 14.2. The van der Waals surface area contributed by atoms with Gasteiger partial charge in [0.15, 0.2) is 0 Å². The summed E-state index contributed by atoms with van der Waals surface area (Å²) in [5.74, 6) is 0.106. The third-order valence-corrected chi connectivity index (χ3v) is 4.38. The molecule has 0 saturated heterocycles. The lowest BCUT2D eigenvalue weighted by atomic mass is 10.0. The molecular weight excluding hydrogens is 282 g/mol. The summed E-state index contributed by atoms with van der Waals surface area (Å²) in [7, 11) is 0. The highest BCUT2D eigenvalue weighted by atomic mass is 16.1. The van der Waals surface area contributed by atoms with Crippen molar-refractivity contribution in [3.63, 3.8) is 0 Å². The van der Waals surface area contributed by atoms with Gasteiger partial charge in [-0.1, -0.05) is 74.0 Å². The minimum atomic E-state index is 0.106. The van der Waals surface area contributed by atoms with Crippen LogP contribution in [0.5, 0.6) is 0 Å². The summed E-state index contributed by atoms with van der Waals surface area (Å²) in [5.41, 5.74) is 2.58. The van der Waals surface area contributed by atoms with Crippen LogP contribution in [0, 0.1) is 5.92 Å². The van der Waals surface area contributed by atoms with Crippen LogP contribution < -0.4 is 0 Å². The fourth-order valence-corrected chi connectivity index (χ4v) is 2.99. The summed E-state index contributed by atoms with van der Waals surface area (Å²) in [4.78, 5) is 13.8. The number of hydrogen-bond donors (Lipinski definition) is 0. The Kier molecular flexibility index (Phi) is 7.02. The van der Waals surface area contributed by atoms with E-state index in [4.69, 9.17) is 0 Å². The predicted molar refractivity (Wildman–Crippen MR) is 96.2 cm³/mol. The Morgan fingerprint density at radius 2 is 1.61 bits per heavy atom. The molecule has 0 heterocycles. The average molecular weight is 309 g/mol. The molecule has 0 aromatic heterocycles. The molecule has 0 aliphatic rings. The molecule has 122 valence electrons. The molecule has 0 aliphatic carbocycles. The fourth-order valence-electron chi connectivity index (χ4n) is 2.99. The molecule has 0 amide bonds. The molecule has 2 heteroatoms. The van der Waals surface area contributed by atoms with Crippen molar-refractivity contribution in [2.75, 3.05) is 6.54 Å². The van der Waals surface area contributed by atoms with Gasteiger partial charge in [0.05, 0.1) is 0 Å². The van der Waals surface area contributed by atoms with Gasteiger partial charge in [-0.2, -0.15) is 0 Å². The van der Waals surface area contributed by atoms with Crippen molar-refractivity contribution in [1.29, 1.82) is 0 Å². The molecule has 0 unspecified atom stereocenters. The van der Waals surface area contributed by atoms with Gasteiger partial charge in [0.25, 0.3) is 0 Å². The highest BCUT2D eigenvalue weighted by molar-refractivity contribution is 5.53. The second-order valence-electron chi connectivity index (χ2n) is 6.19. The topological polar surface area (TPSA) is 20.3 Å². The molecule has 2 rings (SSSR count). The molecule has 23 heavy (non-hydrogen) atoms. The van der Waals surface area contributed by atoms with E-state index in [0.717, 1.165) is 32.2 Å². The summed E-state index contributed by atoms with van der Waals surface area (Å²) in [6.45, 7) is 6.04. The maximum Gasteiger partial charge on any atom is 0.124 e. The first-order chi connectivity index (χ1) is 11.2. The minimum Gasteiger partial charge on any atom is -0.303 e. The van der Waals surface area contributed by atoms with E-state index in [2.05, 4.69) is 67.3 Å². The van der Waals surface area contributed by atoms with Crippen molar-refractivity contribution in [3.8, 4) is 0 Å². The third kappa shape index (κ3) is 5.33. The predicted octanol–water partition coefficient (Wildman–Crippen LogP) is 4.87. The summed E-state index contributed by atoms with van der Waals surface area (Å²) in [6, 6.07) is 21.3. The Morgan fingerprint density at radius 3 is 2.17 bits per heavy atom. The molecule has 0 aliphatic heterocycles. The van der Waals surface area contributed by atoms with Crippen molar-refractivity contribution in [2.24, 2.45) is 5.92 Å². The molecule has 2 aromatic rings. The fraction of sp³-hybridized carbons (Fsp3) is 0.381. The van der Waals surface area contributed by atoms with E-state index in [1.54, 1.807) is 0 Å². The minimum absolute atomic E-state index is 0.106. The maximum absolute atomic E-state index is 11.4. The highest BCUT2D eigenvalue weighted by Crippen LogP contribution is 2.24. The Morgan fingerprint density at radius 1 is 1.00 bits per heavy atom. The SMILES string of the molecule is CCC[C@H](C=O)CN(Cc1ccccc1)[C@@H](C)c1ccccc1. The van der Waals surface area contributed by atoms with Crippen LogP contribution in [0.15, 0.2) is 60.7 Å². The molecule has 0 saturated carbocycles. The van der Waals surface area contributed by atoms with Gasteiger partial charge >= 0.3 is 0 Å². The Balaban J connectivity index is 2.17. The normalized spacial score (nSPS) is 13.7. The Hall–Kier alpha value is -1.93. The lowest BCUT2D eigenvalue weighted by Gasteiger charge is -2.31. The Labute approximate surface area is 140 Å². The van der Waals surface area contributed by atoms with Crippen LogP contribution in [0.25, 0.3) is 0 Å². The summed E-state index contributed by atoms with van der Waals surface area (Å²) < 4.78 is 0. The molecule has 0 fully saturated rings. The van der Waals surface area contributed by atoms with Crippen molar-refractivity contribution < 1.29 is 4.79 Å². The largest absolute Gasteiger partial charge is 0.303 e. The van der Waals surface area contributed by atoms with Gasteiger partial charge in [0.1, 0.15) is 6.29 Å². The summed E-state index contributed by atoms with van der Waals surface area (Å²) in [6.07, 6.45) is 3.12. The van der Waals surface area contributed by atoms with Crippen LogP contribution in [0.2, 0.25) is 0 Å². The van der Waals surface area contributed by atoms with Gasteiger partial charge < -0.3 is 4.79 Å². The molecule has 2 atom stereocenters. The van der Waals surface area contributed by atoms with E-state index in [-0.39, 0.29) is 12.0 Å². The zero-order valence-electron chi connectivity index (χ0n) is 14.2. The van der Waals surface area contributed by atoms with E-state index >= 15 is 0 Å². The first-order valence-electron chi connectivity index (χ1n) is 8.52. The molecule has 0 bridgehead atoms. The van der Waals surface area contributed by atoms with Gasteiger partial charge in [0.2, 0.25) is 0 Å². The third-order valence-electron chi connectivity index (χ3n) is 4.38. The van der Waals surface area contributed by atoms with Crippen LogP contribution in [0.3, 0.4) is 0 Å². The van der Waals surface area contributed by atoms with Crippen molar-refractivity contribution in [3.05, 3.63) is 71.8 Å². The number of aldehydes is 1. The monoisotopic (exact) mass is 309 g/mol. The van der Waals surface area contributed by atoms with Crippen LogP contribution in [-0.4, -0.2) is 17.7 Å². The van der Waals surface area contributed by atoms with Crippen LogP contribution in [-0.2, 0) is 11.3 Å². The summed E-state index contributed by atoms with van der Waals surface area (Å²) in [5, 5.41) is 0. The van der Waals surface area contributed by atoms with E-state index in [9.17, 15) is 4.79 Å². The number of benzene rings is 2. The number of carbonyl (C=O) groups excluding carboxylic acids is 1. The molecular formula is C21H27NO. The van der Waals surface area contributed by atoms with Gasteiger partial charge in [-0.3, -0.25) is 4.90 Å². The zero-order chi connectivity index (χ0) is 16.5. The smallest absolute Gasteiger partial charge is 0.124 e. The first kappa shape index (κ1) is 17.4. The van der Waals surface area contributed by atoms with Gasteiger partial charge in [-0.25, -0.2) is 0 Å². The van der Waals surface area contributed by atoms with E-state index in [1.165, 1.54) is 11.1 Å². The van der Waals surface area contributed by atoms with Crippen LogP contribution in [0.4, 0.5) is 0 Å². The number of rotatable bonds is 9. The summed E-state index contributed by atoms with van der Waals surface area (Å²) >= 11 is 0. The lowest BCUT2D eigenvalue weighted by Crippen LogP contribution is -2.32. The lowest BCUT2D eigenvalue weighted by molar-refractivity contribution is -0.112. The van der Waals surface area contributed by atoms with E-state index in [0.29, 0.717) is 0 Å². The van der Waals surface area contributed by atoms with Gasteiger partial charge in [-0.15, -0.1) is 0 Å². The molecule has 0 spiro atoms. The van der Waals surface area contributed by atoms with Crippen molar-refractivity contribution in [1.82, 2.24) is 4.90 Å². The highest BCUT2D eigenvalue weighted by Gasteiger charge is 2.20. The average Bonchev–Trinajstić information content (AvgIpc) is 2.61. The quantitative estimate of drug-likeness (QED) is 0.616. The maximum atomic E-state index is 11.4. The number of carbonyl (C=O) groups is 1. The first-order valence-corrected chi connectivity index (χ1v) is 8.52. The van der Waals surface area contributed by atoms with Crippen LogP contribution >= 0.6 is 0 Å². The van der Waals surface area contributed by atoms with Crippen molar-refractivity contribution >= 4 is 6.29 Å². The Bertz CT molecular complexity index is 567. The standard InChI is InChI=1S/C21H27NO/c1-3-10-20(17-23)16-22(15-19-11-6-4-7-12-19)18(2)21-13-8-5-9-14-21/h4-9,11-14,17-18,20H,3,10,15-16H2,1-2H3/t18-,20-/m0/s1. The second-order valence-corrected chi connectivity index (χ2v) is 6.19. The number of nitrogens with zero attached hydrogens (tertiary/aromatic N) is 1. The molecule has 0 N–H and O–H groups in total. The molecule has 2 nitrogen and oxygen atoms in total. The van der Waals surface area contributed by atoms with Crippen LogP contribution in [0.1, 0.15) is 43.9 Å². The second kappa shape index (κ2) is 9.26. The molecule has 0 radical (unpaired) electrons. The number of hydrogen-bond acceptors (Lipinski definition) is 2. The van der Waals surface area contributed by atoms with E-state index in [1.807, 2.05) is 12.1 Å². The van der Waals surface area contributed by atoms with Gasteiger partial charge in [0, 0.05) is 25.0 Å². The van der Waals surface area contributed by atoms with Crippen molar-refractivity contribution in [2.45, 2.75) is 39.3 Å². The molecule has 2 aromatic carbocycles. The van der Waals surface area contributed by atoms with Gasteiger partial charge in [-0.05, 0) is 24.5 Å². The van der Waals surface area contributed by atoms with E-state index < -0.39 is 0 Å².